The van der Waals surface area contributed by atoms with E-state index >= 15 is 0 Å². The van der Waals surface area contributed by atoms with Crippen molar-refractivity contribution in [3.05, 3.63) is 127 Å². The van der Waals surface area contributed by atoms with Gasteiger partial charge in [-0.2, -0.15) is 0 Å². The first kappa shape index (κ1) is 21.6. The molecule has 1 aliphatic heterocycles. The van der Waals surface area contributed by atoms with Crippen LogP contribution in [-0.4, -0.2) is 4.57 Å². The second-order valence-corrected chi connectivity index (χ2v) is 10.9. The van der Waals surface area contributed by atoms with Crippen LogP contribution in [0.4, 0.5) is 17.1 Å². The van der Waals surface area contributed by atoms with Crippen molar-refractivity contribution in [1.82, 2.24) is 4.57 Å². The van der Waals surface area contributed by atoms with Crippen LogP contribution < -0.4 is 4.90 Å². The first-order valence-corrected chi connectivity index (χ1v) is 13.7. The minimum atomic E-state index is 1.17. The lowest BCUT2D eigenvalue weighted by molar-refractivity contribution is 1.02. The summed E-state index contributed by atoms with van der Waals surface area (Å²) in [6, 6.07) is 46.3. The molecule has 38 heavy (non-hydrogen) atoms. The second kappa shape index (κ2) is 8.27. The largest absolute Gasteiger partial charge is 0.343 e. The lowest BCUT2D eigenvalue weighted by Gasteiger charge is -2.33. The standard InChI is InChI=1S/C35H24N2S/c1-36-30-20-18-23-10-5-6-13-26(23)34(30)28-15-9-14-27(35(28)36)24-19-21-33-31(22-24)37(25-11-3-2-4-12-25)29-16-7-8-17-32(29)38-33/h2-22H,1H3. The average Bonchev–Trinajstić information content (AvgIpc) is 3.28. The Kier molecular flexibility index (Phi) is 4.70. The fraction of sp³-hybridized carbons (Fsp3) is 0.0286. The van der Waals surface area contributed by atoms with Gasteiger partial charge >= 0.3 is 0 Å². The molecular weight excluding hydrogens is 480 g/mol. The van der Waals surface area contributed by atoms with Crippen molar-refractivity contribution in [2.75, 3.05) is 4.90 Å². The number of benzene rings is 6. The first-order chi connectivity index (χ1) is 18.8. The summed E-state index contributed by atoms with van der Waals surface area (Å²) in [6.07, 6.45) is 0. The normalized spacial score (nSPS) is 12.7. The van der Waals surface area contributed by atoms with Gasteiger partial charge < -0.3 is 9.47 Å². The summed E-state index contributed by atoms with van der Waals surface area (Å²) in [5.41, 5.74) is 8.64. The highest BCUT2D eigenvalue weighted by Gasteiger charge is 2.25. The van der Waals surface area contributed by atoms with Gasteiger partial charge in [-0.1, -0.05) is 96.7 Å². The zero-order valence-corrected chi connectivity index (χ0v) is 21.7. The summed E-state index contributed by atoms with van der Waals surface area (Å²) in [7, 11) is 2.20. The minimum absolute atomic E-state index is 1.17. The number of fused-ring (bicyclic) bond motifs is 7. The molecule has 0 unspecified atom stereocenters. The maximum absolute atomic E-state index is 2.40. The average molecular weight is 505 g/mol. The first-order valence-electron chi connectivity index (χ1n) is 12.9. The fourth-order valence-corrected chi connectivity index (χ4v) is 7.10. The molecule has 0 amide bonds. The number of nitrogens with zero attached hydrogens (tertiary/aromatic N) is 2. The van der Waals surface area contributed by atoms with Gasteiger partial charge in [-0.05, 0) is 58.8 Å². The molecule has 8 rings (SSSR count). The summed E-state index contributed by atoms with van der Waals surface area (Å²) in [5, 5.41) is 5.22. The van der Waals surface area contributed by atoms with Crippen LogP contribution >= 0.6 is 11.8 Å². The Morgan fingerprint density at radius 2 is 1.34 bits per heavy atom. The van der Waals surface area contributed by atoms with E-state index in [2.05, 4.69) is 144 Å². The lowest BCUT2D eigenvalue weighted by Crippen LogP contribution is -2.14. The van der Waals surface area contributed by atoms with Gasteiger partial charge in [0, 0.05) is 44.4 Å². The molecular formula is C35H24N2S. The number of aromatic nitrogens is 1. The molecule has 0 atom stereocenters. The number of rotatable bonds is 2. The van der Waals surface area contributed by atoms with Crippen LogP contribution in [0.2, 0.25) is 0 Å². The zero-order chi connectivity index (χ0) is 25.2. The Bertz CT molecular complexity index is 2020. The number of hydrogen-bond donors (Lipinski definition) is 0. The van der Waals surface area contributed by atoms with Gasteiger partial charge in [0.2, 0.25) is 0 Å². The van der Waals surface area contributed by atoms with Gasteiger partial charge in [0.1, 0.15) is 0 Å². The molecule has 0 spiro atoms. The summed E-state index contributed by atoms with van der Waals surface area (Å²) in [5.74, 6) is 0. The monoisotopic (exact) mass is 504 g/mol. The SMILES string of the molecule is Cn1c2ccc3ccccc3c2c2cccc(-c3ccc4c(c3)N(c3ccccc3)c3ccccc3S4)c21. The van der Waals surface area contributed by atoms with E-state index in [1.165, 1.54) is 70.6 Å². The smallest absolute Gasteiger partial charge is 0.0607 e. The molecule has 2 heterocycles. The van der Waals surface area contributed by atoms with Gasteiger partial charge in [-0.15, -0.1) is 0 Å². The van der Waals surface area contributed by atoms with Gasteiger partial charge in [-0.25, -0.2) is 0 Å². The Morgan fingerprint density at radius 3 is 2.26 bits per heavy atom. The van der Waals surface area contributed by atoms with E-state index in [4.69, 9.17) is 0 Å². The predicted octanol–water partition coefficient (Wildman–Crippen LogP) is 10.1. The topological polar surface area (TPSA) is 8.17 Å². The molecule has 0 radical (unpaired) electrons. The van der Waals surface area contributed by atoms with E-state index in [-0.39, 0.29) is 0 Å². The van der Waals surface area contributed by atoms with Crippen molar-refractivity contribution in [2.45, 2.75) is 9.79 Å². The molecule has 0 fully saturated rings. The third-order valence-corrected chi connectivity index (χ3v) is 8.89. The maximum Gasteiger partial charge on any atom is 0.0607 e. The van der Waals surface area contributed by atoms with E-state index in [9.17, 15) is 0 Å². The summed E-state index contributed by atoms with van der Waals surface area (Å²) in [4.78, 5) is 4.95. The van der Waals surface area contributed by atoms with Crippen molar-refractivity contribution in [2.24, 2.45) is 7.05 Å². The van der Waals surface area contributed by atoms with Crippen LogP contribution in [0.5, 0.6) is 0 Å². The van der Waals surface area contributed by atoms with E-state index in [0.717, 1.165) is 0 Å². The third kappa shape index (κ3) is 3.09. The van der Waals surface area contributed by atoms with E-state index in [1.54, 1.807) is 0 Å². The molecule has 180 valence electrons. The maximum atomic E-state index is 2.40. The highest BCUT2D eigenvalue weighted by Crippen LogP contribution is 2.52. The molecule has 7 aromatic rings. The number of hydrogen-bond acceptors (Lipinski definition) is 2. The highest BCUT2D eigenvalue weighted by atomic mass is 32.2. The molecule has 3 heteroatoms. The predicted molar refractivity (Wildman–Crippen MR) is 162 cm³/mol. The molecule has 0 N–H and O–H groups in total. The van der Waals surface area contributed by atoms with Gasteiger partial charge in [0.15, 0.2) is 0 Å². The molecule has 0 aliphatic carbocycles. The summed E-state index contributed by atoms with van der Waals surface area (Å²) in [6.45, 7) is 0. The van der Waals surface area contributed by atoms with Gasteiger partial charge in [0.25, 0.3) is 0 Å². The van der Waals surface area contributed by atoms with Crippen molar-refractivity contribution >= 4 is 61.4 Å². The number of anilines is 3. The summed E-state index contributed by atoms with van der Waals surface area (Å²) < 4.78 is 2.37. The molecule has 0 bridgehead atoms. The minimum Gasteiger partial charge on any atom is -0.343 e. The van der Waals surface area contributed by atoms with Crippen molar-refractivity contribution < 1.29 is 0 Å². The van der Waals surface area contributed by atoms with E-state index < -0.39 is 0 Å². The molecule has 0 saturated heterocycles. The van der Waals surface area contributed by atoms with Crippen molar-refractivity contribution in [3.8, 4) is 11.1 Å². The van der Waals surface area contributed by atoms with Crippen LogP contribution in [0, 0.1) is 0 Å². The quantitative estimate of drug-likeness (QED) is 0.231. The highest BCUT2D eigenvalue weighted by molar-refractivity contribution is 7.99. The number of aryl methyl sites for hydroxylation is 1. The van der Waals surface area contributed by atoms with Crippen molar-refractivity contribution in [3.63, 3.8) is 0 Å². The van der Waals surface area contributed by atoms with Crippen LogP contribution in [0.3, 0.4) is 0 Å². The van der Waals surface area contributed by atoms with Crippen LogP contribution in [0.1, 0.15) is 0 Å². The molecule has 0 saturated carbocycles. The Morgan fingerprint density at radius 1 is 0.579 bits per heavy atom. The van der Waals surface area contributed by atoms with Gasteiger partial charge in [0.05, 0.1) is 16.9 Å². The van der Waals surface area contributed by atoms with Gasteiger partial charge in [-0.3, -0.25) is 0 Å². The van der Waals surface area contributed by atoms with Crippen LogP contribution in [-0.2, 0) is 7.05 Å². The molecule has 1 aromatic heterocycles. The van der Waals surface area contributed by atoms with E-state index in [1.807, 2.05) is 11.8 Å². The van der Waals surface area contributed by atoms with Crippen LogP contribution in [0.15, 0.2) is 137 Å². The second-order valence-electron chi connectivity index (χ2n) is 9.86. The fourth-order valence-electron chi connectivity index (χ4n) is 6.06. The number of para-hydroxylation sites is 3. The molecule has 2 nitrogen and oxygen atoms in total. The Labute approximate surface area is 225 Å². The zero-order valence-electron chi connectivity index (χ0n) is 20.9. The Hall–Kier alpha value is -4.47. The molecule has 1 aliphatic rings. The Balaban J connectivity index is 1.39. The van der Waals surface area contributed by atoms with E-state index in [0.29, 0.717) is 0 Å². The molecule has 6 aromatic carbocycles. The summed E-state index contributed by atoms with van der Waals surface area (Å²) >= 11 is 1.85. The van der Waals surface area contributed by atoms with Crippen molar-refractivity contribution in [1.29, 1.82) is 0 Å². The lowest BCUT2D eigenvalue weighted by atomic mass is 9.99. The van der Waals surface area contributed by atoms with Crippen LogP contribution in [0.25, 0.3) is 43.7 Å². The third-order valence-electron chi connectivity index (χ3n) is 7.76.